The lowest BCUT2D eigenvalue weighted by Gasteiger charge is -2.35. The van der Waals surface area contributed by atoms with Crippen molar-refractivity contribution in [2.45, 2.75) is 178 Å². The zero-order valence-electron chi connectivity index (χ0n) is 37.5. The first-order valence-electron chi connectivity index (χ1n) is 22.1. The molecule has 6 heteroatoms. The van der Waals surface area contributed by atoms with E-state index in [1.54, 1.807) is 5.19 Å². The van der Waals surface area contributed by atoms with Crippen LogP contribution in [0.1, 0.15) is 139 Å². The predicted molar refractivity (Wildman–Crippen MR) is 243 cm³/mol. The quantitative estimate of drug-likeness (QED) is 0.0514. The van der Waals surface area contributed by atoms with Crippen molar-refractivity contribution in [3.05, 3.63) is 71.8 Å². The van der Waals surface area contributed by atoms with E-state index in [0.29, 0.717) is 35.5 Å². The molecule has 0 amide bonds. The second-order valence-corrected chi connectivity index (χ2v) is 28.8. The van der Waals surface area contributed by atoms with Crippen molar-refractivity contribution >= 4 is 38.5 Å². The molecular weight excluding hydrogens is 709 g/mol. The van der Waals surface area contributed by atoms with E-state index < -0.39 is 28.1 Å². The average molecular weight is 791 g/mol. The number of carbonyl (C=O) groups excluding carboxylic acids is 2. The summed E-state index contributed by atoms with van der Waals surface area (Å²) in [4.78, 5) is 25.7. The predicted octanol–water partition coefficient (Wildman–Crippen LogP) is 13.0. The van der Waals surface area contributed by atoms with Gasteiger partial charge in [0.25, 0.3) is 0 Å². The van der Waals surface area contributed by atoms with E-state index in [1.807, 2.05) is 0 Å². The second kappa shape index (κ2) is 24.4. The van der Waals surface area contributed by atoms with Gasteiger partial charge in [-0.05, 0) is 46.6 Å². The van der Waals surface area contributed by atoms with Gasteiger partial charge in [-0.25, -0.2) is 4.79 Å². The molecule has 0 N–H and O–H groups in total. The topological polar surface area (TPSA) is 52.6 Å². The molecule has 0 bridgehead atoms. The Morgan fingerprint density at radius 2 is 0.745 bits per heavy atom. The summed E-state index contributed by atoms with van der Waals surface area (Å²) in [5.74, 6) is 3.19. The van der Waals surface area contributed by atoms with Gasteiger partial charge in [0, 0.05) is 5.57 Å². The standard InChI is InChI=1S/C49H82O4Si2/c1-37(2)22-28-54(29-23-38(3)4,30-24-39(5)6)46-18-14-44(15-19-46)35-52-48(50)34-43(13)49(51)53-36-45-16-20-47(21-17-45)55(31-25-40(7)8,32-26-41(9)10)33-27-42(11)12/h14-21,37-42H,13,22-36H2,1-12H3. The molecule has 0 aliphatic carbocycles. The SMILES string of the molecule is C=C(CC(=O)OCc1ccc([Si](CCC(C)C)(CCC(C)C)CCC(C)C)cc1)C(=O)OCc1ccc([Si](CCC(C)C)(CCC(C)C)CCC(C)C)cc1. The van der Waals surface area contributed by atoms with Gasteiger partial charge < -0.3 is 9.47 Å². The van der Waals surface area contributed by atoms with Crippen molar-refractivity contribution in [3.8, 4) is 0 Å². The molecule has 2 aromatic carbocycles. The third kappa shape index (κ3) is 18.1. The normalized spacial score (nSPS) is 12.5. The molecule has 0 heterocycles. The lowest BCUT2D eigenvalue weighted by Crippen LogP contribution is -2.48. The number of esters is 2. The van der Waals surface area contributed by atoms with E-state index in [4.69, 9.17) is 9.47 Å². The Hall–Kier alpha value is -2.45. The molecule has 0 atom stereocenters. The van der Waals surface area contributed by atoms with Crippen LogP contribution in [0.5, 0.6) is 0 Å². The molecule has 0 saturated carbocycles. The van der Waals surface area contributed by atoms with Crippen molar-refractivity contribution < 1.29 is 19.1 Å². The molecule has 0 aliphatic heterocycles. The highest BCUT2D eigenvalue weighted by Gasteiger charge is 2.36. The minimum absolute atomic E-state index is 0.121. The Morgan fingerprint density at radius 1 is 0.473 bits per heavy atom. The number of hydrogen-bond acceptors (Lipinski definition) is 4. The van der Waals surface area contributed by atoms with Crippen LogP contribution < -0.4 is 10.4 Å². The Bertz CT molecular complexity index is 1340. The van der Waals surface area contributed by atoms with Gasteiger partial charge in [-0.2, -0.15) is 0 Å². The van der Waals surface area contributed by atoms with Crippen molar-refractivity contribution in [2.24, 2.45) is 35.5 Å². The van der Waals surface area contributed by atoms with Gasteiger partial charge in [-0.1, -0.05) is 223 Å². The summed E-state index contributed by atoms with van der Waals surface area (Å²) in [6, 6.07) is 25.8. The van der Waals surface area contributed by atoms with E-state index in [9.17, 15) is 9.59 Å². The third-order valence-corrected chi connectivity index (χ3v) is 22.3. The summed E-state index contributed by atoms with van der Waals surface area (Å²) in [6.45, 7) is 32.3. The molecule has 0 radical (unpaired) electrons. The molecule has 0 fully saturated rings. The highest BCUT2D eigenvalue weighted by atomic mass is 28.3. The highest BCUT2D eigenvalue weighted by Crippen LogP contribution is 2.33. The molecule has 2 rings (SSSR count). The lowest BCUT2D eigenvalue weighted by molar-refractivity contribution is -0.147. The van der Waals surface area contributed by atoms with Gasteiger partial charge in [-0.15, -0.1) is 0 Å². The zero-order valence-corrected chi connectivity index (χ0v) is 39.5. The second-order valence-electron chi connectivity index (χ2n) is 19.6. The minimum Gasteiger partial charge on any atom is -0.461 e. The molecule has 0 aliphatic rings. The maximum atomic E-state index is 12.9. The van der Waals surface area contributed by atoms with Crippen molar-refractivity contribution in [2.75, 3.05) is 0 Å². The van der Waals surface area contributed by atoms with E-state index in [2.05, 4.69) is 138 Å². The lowest BCUT2D eigenvalue weighted by atomic mass is 10.1. The fraction of sp³-hybridized carbons (Fsp3) is 0.673. The average Bonchev–Trinajstić information content (AvgIpc) is 3.12. The monoisotopic (exact) mass is 791 g/mol. The molecule has 2 aromatic rings. The number of benzene rings is 2. The minimum atomic E-state index is -1.70. The van der Waals surface area contributed by atoms with Crippen LogP contribution in [0.3, 0.4) is 0 Å². The van der Waals surface area contributed by atoms with Gasteiger partial charge in [0.15, 0.2) is 0 Å². The van der Waals surface area contributed by atoms with Crippen molar-refractivity contribution in [3.63, 3.8) is 0 Å². The van der Waals surface area contributed by atoms with Crippen LogP contribution in [-0.4, -0.2) is 28.1 Å². The van der Waals surface area contributed by atoms with Crippen LogP contribution in [0, 0.1) is 35.5 Å². The van der Waals surface area contributed by atoms with Gasteiger partial charge >= 0.3 is 11.9 Å². The number of hydrogen-bond donors (Lipinski definition) is 0. The molecular formula is C49H82O4Si2. The summed E-state index contributed by atoms with van der Waals surface area (Å²) in [5.41, 5.74) is 2.05. The first-order chi connectivity index (χ1) is 25.9. The summed E-state index contributed by atoms with van der Waals surface area (Å²) < 4.78 is 11.3. The van der Waals surface area contributed by atoms with Gasteiger partial charge in [0.2, 0.25) is 0 Å². The largest absolute Gasteiger partial charge is 0.461 e. The fourth-order valence-corrected chi connectivity index (χ4v) is 19.4. The van der Waals surface area contributed by atoms with Gasteiger partial charge in [0.1, 0.15) is 13.2 Å². The van der Waals surface area contributed by atoms with E-state index in [0.717, 1.165) is 11.1 Å². The zero-order chi connectivity index (χ0) is 41.2. The number of rotatable bonds is 27. The number of ether oxygens (including phenoxy) is 2. The van der Waals surface area contributed by atoms with Crippen LogP contribution in [-0.2, 0) is 32.3 Å². The Balaban J connectivity index is 2.03. The Kier molecular flexibility index (Phi) is 21.6. The maximum Gasteiger partial charge on any atom is 0.334 e. The Labute approximate surface area is 341 Å². The maximum absolute atomic E-state index is 12.9. The Morgan fingerprint density at radius 3 is 1.02 bits per heavy atom. The number of carbonyl (C=O) groups is 2. The van der Waals surface area contributed by atoms with E-state index in [-0.39, 0.29) is 25.2 Å². The molecule has 0 unspecified atom stereocenters. The molecule has 0 spiro atoms. The fourth-order valence-electron chi connectivity index (χ4n) is 7.63. The smallest absolute Gasteiger partial charge is 0.334 e. The van der Waals surface area contributed by atoms with Crippen LogP contribution in [0.25, 0.3) is 0 Å². The summed E-state index contributed by atoms with van der Waals surface area (Å²) in [7, 11) is -3.40. The molecule has 310 valence electrons. The van der Waals surface area contributed by atoms with Gasteiger partial charge in [0.05, 0.1) is 22.6 Å². The van der Waals surface area contributed by atoms with Crippen LogP contribution >= 0.6 is 0 Å². The highest BCUT2D eigenvalue weighted by molar-refractivity contribution is 6.92. The van der Waals surface area contributed by atoms with Crippen LogP contribution in [0.4, 0.5) is 0 Å². The first-order valence-corrected chi connectivity index (χ1v) is 27.3. The first kappa shape index (κ1) is 48.7. The third-order valence-electron chi connectivity index (χ3n) is 11.8. The van der Waals surface area contributed by atoms with Crippen LogP contribution in [0.2, 0.25) is 36.3 Å². The van der Waals surface area contributed by atoms with E-state index in [1.165, 1.54) is 80.0 Å². The van der Waals surface area contributed by atoms with Crippen molar-refractivity contribution in [1.29, 1.82) is 0 Å². The molecule has 0 saturated heterocycles. The molecule has 4 nitrogen and oxygen atoms in total. The van der Waals surface area contributed by atoms with Crippen molar-refractivity contribution in [1.82, 2.24) is 0 Å². The van der Waals surface area contributed by atoms with E-state index >= 15 is 0 Å². The molecule has 55 heavy (non-hydrogen) atoms. The summed E-state index contributed by atoms with van der Waals surface area (Å²) >= 11 is 0. The van der Waals surface area contributed by atoms with Crippen LogP contribution in [0.15, 0.2) is 60.7 Å². The van der Waals surface area contributed by atoms with Gasteiger partial charge in [-0.3, -0.25) is 4.79 Å². The molecule has 0 aromatic heterocycles. The summed E-state index contributed by atoms with van der Waals surface area (Å²) in [5, 5.41) is 3.08. The summed E-state index contributed by atoms with van der Waals surface area (Å²) in [6.07, 6.45) is 7.47.